The van der Waals surface area contributed by atoms with Gasteiger partial charge in [-0.3, -0.25) is 10.1 Å². The predicted molar refractivity (Wildman–Crippen MR) is 67.5 cm³/mol. The van der Waals surface area contributed by atoms with E-state index in [0.717, 1.165) is 17.7 Å². The van der Waals surface area contributed by atoms with E-state index in [-0.39, 0.29) is 10.6 Å². The average Bonchev–Trinajstić information content (AvgIpc) is 2.34. The highest BCUT2D eigenvalue weighted by molar-refractivity contribution is 5.52. The van der Waals surface area contributed by atoms with Crippen molar-refractivity contribution >= 4 is 6.08 Å². The second-order valence-corrected chi connectivity index (χ2v) is 3.66. The highest BCUT2D eigenvalue weighted by atomic mass is 16.6. The summed E-state index contributed by atoms with van der Waals surface area (Å²) in [5, 5.41) is 10.7. The smallest absolute Gasteiger partial charge is 0.246 e. The fraction of sp³-hybridized carbons (Fsp3) is 0.385. The van der Waals surface area contributed by atoms with Crippen LogP contribution in [0.5, 0.6) is 5.75 Å². The maximum Gasteiger partial charge on any atom is 0.246 e. The molecule has 0 saturated carbocycles. The largest absolute Gasteiger partial charge is 0.494 e. The van der Waals surface area contributed by atoms with Crippen LogP contribution >= 0.6 is 0 Å². The summed E-state index contributed by atoms with van der Waals surface area (Å²) in [6, 6.07) is 7.30. The van der Waals surface area contributed by atoms with Crippen LogP contribution in [0, 0.1) is 10.1 Å². The third-order valence-electron chi connectivity index (χ3n) is 2.28. The van der Waals surface area contributed by atoms with Gasteiger partial charge in [-0.1, -0.05) is 26.0 Å². The molecule has 0 N–H and O–H groups in total. The van der Waals surface area contributed by atoms with Gasteiger partial charge >= 0.3 is 0 Å². The first kappa shape index (κ1) is 13.2. The molecule has 4 heteroatoms. The number of nitrogens with zero attached hydrogens (tertiary/aromatic N) is 1. The molecule has 0 bridgehead atoms. The van der Waals surface area contributed by atoms with E-state index >= 15 is 0 Å². The molecule has 0 unspecified atom stereocenters. The summed E-state index contributed by atoms with van der Waals surface area (Å²) in [6.45, 7) is 4.50. The van der Waals surface area contributed by atoms with E-state index in [0.29, 0.717) is 13.0 Å². The Morgan fingerprint density at radius 2 is 2.00 bits per heavy atom. The number of rotatable bonds is 6. The number of benzene rings is 1. The van der Waals surface area contributed by atoms with Gasteiger partial charge in [0.2, 0.25) is 5.70 Å². The van der Waals surface area contributed by atoms with Crippen molar-refractivity contribution in [1.82, 2.24) is 0 Å². The van der Waals surface area contributed by atoms with Crippen LogP contribution in [0.4, 0.5) is 0 Å². The summed E-state index contributed by atoms with van der Waals surface area (Å²) >= 11 is 0. The molecule has 4 nitrogen and oxygen atoms in total. The molecule has 0 aromatic heterocycles. The first-order valence-corrected chi connectivity index (χ1v) is 5.75. The molecule has 1 aromatic carbocycles. The Bertz CT molecular complexity index is 396. The van der Waals surface area contributed by atoms with Crippen LogP contribution in [0.25, 0.3) is 6.08 Å². The van der Waals surface area contributed by atoms with E-state index in [4.69, 9.17) is 4.74 Å². The van der Waals surface area contributed by atoms with E-state index in [1.807, 2.05) is 31.2 Å². The summed E-state index contributed by atoms with van der Waals surface area (Å²) < 4.78 is 5.43. The Labute approximate surface area is 101 Å². The number of nitro groups is 1. The molecule has 0 aliphatic heterocycles. The van der Waals surface area contributed by atoms with Crippen molar-refractivity contribution in [3.05, 3.63) is 45.6 Å². The third kappa shape index (κ3) is 4.26. The van der Waals surface area contributed by atoms with Gasteiger partial charge in [-0.25, -0.2) is 0 Å². The van der Waals surface area contributed by atoms with Gasteiger partial charge in [0.15, 0.2) is 0 Å². The van der Waals surface area contributed by atoms with Crippen LogP contribution < -0.4 is 4.74 Å². The highest BCUT2D eigenvalue weighted by Crippen LogP contribution is 2.16. The van der Waals surface area contributed by atoms with Gasteiger partial charge < -0.3 is 4.74 Å². The fourth-order valence-electron chi connectivity index (χ4n) is 1.36. The Morgan fingerprint density at radius 1 is 1.35 bits per heavy atom. The van der Waals surface area contributed by atoms with Crippen molar-refractivity contribution in [2.24, 2.45) is 0 Å². The van der Waals surface area contributed by atoms with E-state index in [9.17, 15) is 10.1 Å². The first-order chi connectivity index (χ1) is 8.17. The highest BCUT2D eigenvalue weighted by Gasteiger charge is 2.06. The van der Waals surface area contributed by atoms with Crippen LogP contribution in [-0.2, 0) is 0 Å². The van der Waals surface area contributed by atoms with Crippen molar-refractivity contribution in [1.29, 1.82) is 0 Å². The standard InChI is InChI=1S/C13H17NO3/c1-3-9-17-13-7-5-11(6-8-13)10-12(4-2)14(15)16/h5-8,10H,3-4,9H2,1-2H3. The van der Waals surface area contributed by atoms with Crippen molar-refractivity contribution in [2.45, 2.75) is 26.7 Å². The molecule has 0 radical (unpaired) electrons. The number of hydrogen-bond acceptors (Lipinski definition) is 3. The zero-order chi connectivity index (χ0) is 12.7. The lowest BCUT2D eigenvalue weighted by Gasteiger charge is -2.04. The van der Waals surface area contributed by atoms with Crippen molar-refractivity contribution in [2.75, 3.05) is 6.61 Å². The molecule has 0 heterocycles. The lowest BCUT2D eigenvalue weighted by molar-refractivity contribution is -0.425. The summed E-state index contributed by atoms with van der Waals surface area (Å²) in [6.07, 6.45) is 2.97. The SMILES string of the molecule is CCCOc1ccc(C=C(CC)[N+](=O)[O-])cc1. The van der Waals surface area contributed by atoms with Crippen molar-refractivity contribution in [3.63, 3.8) is 0 Å². The molecular formula is C13H17NO3. The zero-order valence-corrected chi connectivity index (χ0v) is 10.2. The van der Waals surface area contributed by atoms with Crippen LogP contribution in [0.1, 0.15) is 32.3 Å². The van der Waals surface area contributed by atoms with Gasteiger partial charge in [-0.2, -0.15) is 0 Å². The predicted octanol–water partition coefficient (Wildman–Crippen LogP) is 3.50. The van der Waals surface area contributed by atoms with Gasteiger partial charge in [0.25, 0.3) is 0 Å². The molecule has 0 amide bonds. The van der Waals surface area contributed by atoms with E-state index in [1.54, 1.807) is 13.0 Å². The fourth-order valence-corrected chi connectivity index (χ4v) is 1.36. The van der Waals surface area contributed by atoms with Crippen LogP contribution in [0.15, 0.2) is 30.0 Å². The minimum Gasteiger partial charge on any atom is -0.494 e. The summed E-state index contributed by atoms with van der Waals surface area (Å²) in [5.41, 5.74) is 1.04. The van der Waals surface area contributed by atoms with E-state index < -0.39 is 0 Å². The second-order valence-electron chi connectivity index (χ2n) is 3.66. The molecule has 0 spiro atoms. The van der Waals surface area contributed by atoms with Crippen LogP contribution in [0.2, 0.25) is 0 Å². The minimum atomic E-state index is -0.346. The Balaban J connectivity index is 2.76. The van der Waals surface area contributed by atoms with Gasteiger partial charge in [0.05, 0.1) is 11.5 Å². The number of allylic oxidation sites excluding steroid dienone is 1. The Morgan fingerprint density at radius 3 is 2.47 bits per heavy atom. The summed E-state index contributed by atoms with van der Waals surface area (Å²) in [5.74, 6) is 0.795. The topological polar surface area (TPSA) is 52.4 Å². The van der Waals surface area contributed by atoms with Gasteiger partial charge in [0.1, 0.15) is 5.75 Å². The van der Waals surface area contributed by atoms with Crippen molar-refractivity contribution in [3.8, 4) is 5.75 Å². The van der Waals surface area contributed by atoms with Gasteiger partial charge in [-0.15, -0.1) is 0 Å². The molecule has 0 saturated heterocycles. The molecule has 0 aliphatic carbocycles. The monoisotopic (exact) mass is 235 g/mol. The van der Waals surface area contributed by atoms with Gasteiger partial charge in [0, 0.05) is 12.5 Å². The maximum atomic E-state index is 10.7. The lowest BCUT2D eigenvalue weighted by Crippen LogP contribution is -1.97. The minimum absolute atomic E-state index is 0.215. The van der Waals surface area contributed by atoms with Gasteiger partial charge in [-0.05, 0) is 24.1 Å². The zero-order valence-electron chi connectivity index (χ0n) is 10.2. The molecule has 0 fully saturated rings. The molecule has 0 aliphatic rings. The molecule has 92 valence electrons. The molecule has 1 aromatic rings. The summed E-state index contributed by atoms with van der Waals surface area (Å²) in [7, 11) is 0. The first-order valence-electron chi connectivity index (χ1n) is 5.75. The molecule has 1 rings (SSSR count). The second kappa shape index (κ2) is 6.68. The lowest BCUT2D eigenvalue weighted by atomic mass is 10.1. The Hall–Kier alpha value is -1.84. The number of hydrogen-bond donors (Lipinski definition) is 0. The number of ether oxygens (including phenoxy) is 1. The summed E-state index contributed by atoms with van der Waals surface area (Å²) in [4.78, 5) is 10.3. The normalized spacial score (nSPS) is 11.3. The molecular weight excluding hydrogens is 218 g/mol. The average molecular weight is 235 g/mol. The third-order valence-corrected chi connectivity index (χ3v) is 2.28. The van der Waals surface area contributed by atoms with Crippen LogP contribution in [0.3, 0.4) is 0 Å². The Kier molecular flexibility index (Phi) is 5.20. The maximum absolute atomic E-state index is 10.7. The quantitative estimate of drug-likeness (QED) is 0.560. The van der Waals surface area contributed by atoms with Crippen LogP contribution in [-0.4, -0.2) is 11.5 Å². The van der Waals surface area contributed by atoms with Crippen molar-refractivity contribution < 1.29 is 9.66 Å². The van der Waals surface area contributed by atoms with E-state index in [2.05, 4.69) is 0 Å². The van der Waals surface area contributed by atoms with E-state index in [1.165, 1.54) is 0 Å². The molecule has 17 heavy (non-hydrogen) atoms. The molecule has 0 atom stereocenters.